The Hall–Kier alpha value is -6.15. The van der Waals surface area contributed by atoms with Gasteiger partial charge >= 0.3 is 0 Å². The van der Waals surface area contributed by atoms with Crippen molar-refractivity contribution in [2.24, 2.45) is 0 Å². The van der Waals surface area contributed by atoms with E-state index in [1.807, 2.05) is 12.1 Å². The summed E-state index contributed by atoms with van der Waals surface area (Å²) in [5, 5.41) is 17.2. The van der Waals surface area contributed by atoms with Crippen molar-refractivity contribution in [2.45, 2.75) is 0 Å². The third-order valence-corrected chi connectivity index (χ3v) is 10.7. The number of aromatic nitrogens is 2. The number of nitrogens with zero attached hydrogens (tertiary/aromatic N) is 3. The van der Waals surface area contributed by atoms with Gasteiger partial charge in [0.2, 0.25) is 0 Å². The molecule has 0 aliphatic carbocycles. The first-order valence-corrected chi connectivity index (χ1v) is 16.6. The largest absolute Gasteiger partial charge is 0.309 e. The molecule has 0 fully saturated rings. The van der Waals surface area contributed by atoms with Crippen LogP contribution in [0.4, 0.5) is 0 Å². The van der Waals surface area contributed by atoms with E-state index in [2.05, 4.69) is 155 Å². The molecule has 0 aliphatic rings. The number of para-hydroxylation sites is 3. The lowest BCUT2D eigenvalue weighted by Crippen LogP contribution is -1.96. The number of benzene rings is 7. The third kappa shape index (κ3) is 3.72. The maximum Gasteiger partial charge on any atom is 0.101 e. The summed E-state index contributed by atoms with van der Waals surface area (Å²) >= 11 is 1.71. The number of thiophene rings is 1. The second-order valence-corrected chi connectivity index (χ2v) is 13.1. The Morgan fingerprint density at radius 1 is 0.468 bits per heavy atom. The first-order valence-electron chi connectivity index (χ1n) is 15.8. The minimum atomic E-state index is 0.727. The minimum absolute atomic E-state index is 0.727. The predicted octanol–water partition coefficient (Wildman–Crippen LogP) is 11.8. The Kier molecular flexibility index (Phi) is 5.51. The molecule has 0 unspecified atom stereocenters. The molecule has 0 spiro atoms. The van der Waals surface area contributed by atoms with Gasteiger partial charge < -0.3 is 9.13 Å². The molecule has 0 aliphatic heterocycles. The van der Waals surface area contributed by atoms with E-state index in [9.17, 15) is 5.26 Å². The summed E-state index contributed by atoms with van der Waals surface area (Å²) < 4.78 is 7.02. The van der Waals surface area contributed by atoms with Crippen molar-refractivity contribution in [3.63, 3.8) is 0 Å². The van der Waals surface area contributed by atoms with Gasteiger partial charge in [0.05, 0.1) is 32.3 Å². The summed E-state index contributed by atoms with van der Waals surface area (Å²) in [6, 6.07) is 56.7. The van der Waals surface area contributed by atoms with Gasteiger partial charge in [-0.1, -0.05) is 97.1 Å². The average Bonchev–Trinajstić information content (AvgIpc) is 3.79. The van der Waals surface area contributed by atoms with Crippen molar-refractivity contribution < 1.29 is 0 Å². The minimum Gasteiger partial charge on any atom is -0.309 e. The predicted molar refractivity (Wildman–Crippen MR) is 198 cm³/mol. The molecule has 10 rings (SSSR count). The first kappa shape index (κ1) is 26.1. The Labute approximate surface area is 274 Å². The molecule has 4 heteroatoms. The molecule has 7 aromatic carbocycles. The monoisotopic (exact) mass is 615 g/mol. The standard InChI is InChI=1S/C43H25N3S/c44-26-29-12-9-18-36-41-40(47-43(29)36)23-22-35-34-17-3-6-21-39(34)46(42(35)41)31-14-8-11-28(25-31)27-10-7-13-30(24-27)45-37-19-4-1-15-32(37)33-16-2-5-20-38(33)45/h1-25H. The maximum absolute atomic E-state index is 9.89. The van der Waals surface area contributed by atoms with Crippen molar-refractivity contribution in [2.75, 3.05) is 0 Å². The third-order valence-electron chi connectivity index (χ3n) is 9.54. The Balaban J connectivity index is 1.21. The smallest absolute Gasteiger partial charge is 0.101 e. The summed E-state index contributed by atoms with van der Waals surface area (Å²) in [6.45, 7) is 0. The van der Waals surface area contributed by atoms with Crippen molar-refractivity contribution in [1.82, 2.24) is 9.13 Å². The van der Waals surface area contributed by atoms with Crippen LogP contribution in [-0.2, 0) is 0 Å². The molecule has 0 saturated carbocycles. The van der Waals surface area contributed by atoms with Crippen LogP contribution in [0.2, 0.25) is 0 Å². The van der Waals surface area contributed by atoms with E-state index in [-0.39, 0.29) is 0 Å². The van der Waals surface area contributed by atoms with Gasteiger partial charge in [-0.15, -0.1) is 11.3 Å². The van der Waals surface area contributed by atoms with Crippen LogP contribution in [0.5, 0.6) is 0 Å². The van der Waals surface area contributed by atoms with E-state index < -0.39 is 0 Å². The lowest BCUT2D eigenvalue weighted by molar-refractivity contribution is 1.18. The fraction of sp³-hybridized carbons (Fsp3) is 0. The van der Waals surface area contributed by atoms with Gasteiger partial charge in [-0.05, 0) is 65.7 Å². The fourth-order valence-electron chi connectivity index (χ4n) is 7.54. The van der Waals surface area contributed by atoms with Gasteiger partial charge in [0.15, 0.2) is 0 Å². The number of hydrogen-bond donors (Lipinski definition) is 0. The number of rotatable bonds is 3. The molecular formula is C43H25N3S. The molecule has 3 aromatic heterocycles. The van der Waals surface area contributed by atoms with Crippen LogP contribution in [0, 0.1) is 11.3 Å². The van der Waals surface area contributed by atoms with Gasteiger partial charge in [-0.3, -0.25) is 0 Å². The quantitative estimate of drug-likeness (QED) is 0.195. The molecule has 0 amide bonds. The van der Waals surface area contributed by atoms with Gasteiger partial charge in [-0.2, -0.15) is 5.26 Å². The number of nitriles is 1. The molecule has 218 valence electrons. The van der Waals surface area contributed by atoms with E-state index in [1.165, 1.54) is 53.7 Å². The molecule has 3 nitrogen and oxygen atoms in total. The highest BCUT2D eigenvalue weighted by Gasteiger charge is 2.19. The SMILES string of the molecule is N#Cc1cccc2c1sc1ccc3c4ccccc4n(-c4cccc(-c5cccc(-n6c7ccccc7c7ccccc76)c5)c4)c3c12. The van der Waals surface area contributed by atoms with E-state index in [4.69, 9.17) is 0 Å². The highest BCUT2D eigenvalue weighted by molar-refractivity contribution is 7.26. The first-order chi connectivity index (χ1) is 23.3. The maximum atomic E-state index is 9.89. The van der Waals surface area contributed by atoms with Gasteiger partial charge in [0, 0.05) is 48.4 Å². The van der Waals surface area contributed by atoms with Crippen LogP contribution in [0.1, 0.15) is 5.56 Å². The van der Waals surface area contributed by atoms with E-state index in [0.29, 0.717) is 0 Å². The molecule has 0 bridgehead atoms. The highest BCUT2D eigenvalue weighted by atomic mass is 32.1. The van der Waals surface area contributed by atoms with Gasteiger partial charge in [0.25, 0.3) is 0 Å². The zero-order valence-corrected chi connectivity index (χ0v) is 26.0. The molecule has 0 atom stereocenters. The van der Waals surface area contributed by atoms with Crippen LogP contribution in [0.3, 0.4) is 0 Å². The van der Waals surface area contributed by atoms with Crippen LogP contribution in [0.25, 0.3) is 86.3 Å². The van der Waals surface area contributed by atoms with Crippen molar-refractivity contribution in [3.8, 4) is 28.6 Å². The molecule has 0 N–H and O–H groups in total. The van der Waals surface area contributed by atoms with Crippen LogP contribution < -0.4 is 0 Å². The molecule has 0 saturated heterocycles. The normalized spacial score (nSPS) is 11.8. The number of fused-ring (bicyclic) bond motifs is 10. The number of hydrogen-bond acceptors (Lipinski definition) is 2. The molecule has 3 heterocycles. The molecule has 47 heavy (non-hydrogen) atoms. The second-order valence-electron chi connectivity index (χ2n) is 12.1. The van der Waals surface area contributed by atoms with Crippen LogP contribution in [0.15, 0.2) is 152 Å². The summed E-state index contributed by atoms with van der Waals surface area (Å²) in [7, 11) is 0. The average molecular weight is 616 g/mol. The topological polar surface area (TPSA) is 33.6 Å². The van der Waals surface area contributed by atoms with Crippen molar-refractivity contribution >= 4 is 75.1 Å². The molecular weight excluding hydrogens is 591 g/mol. The highest BCUT2D eigenvalue weighted by Crippen LogP contribution is 2.44. The Bertz CT molecular complexity index is 2880. The van der Waals surface area contributed by atoms with Crippen molar-refractivity contribution in [3.05, 3.63) is 157 Å². The summed E-state index contributed by atoms with van der Waals surface area (Å²) in [6.07, 6.45) is 0. The van der Waals surface area contributed by atoms with E-state index >= 15 is 0 Å². The summed E-state index contributed by atoms with van der Waals surface area (Å²) in [5.74, 6) is 0. The molecule has 10 aromatic rings. The van der Waals surface area contributed by atoms with Crippen molar-refractivity contribution in [1.29, 1.82) is 5.26 Å². The lowest BCUT2D eigenvalue weighted by atomic mass is 10.0. The summed E-state index contributed by atoms with van der Waals surface area (Å²) in [5.41, 5.74) is 10.1. The van der Waals surface area contributed by atoms with Crippen LogP contribution >= 0.6 is 11.3 Å². The lowest BCUT2D eigenvalue weighted by Gasteiger charge is -2.13. The van der Waals surface area contributed by atoms with E-state index in [0.717, 1.165) is 38.2 Å². The zero-order valence-electron chi connectivity index (χ0n) is 25.2. The molecule has 0 radical (unpaired) electrons. The zero-order chi connectivity index (χ0) is 31.1. The van der Waals surface area contributed by atoms with Crippen LogP contribution in [-0.4, -0.2) is 9.13 Å². The second kappa shape index (κ2) is 9.92. The Morgan fingerprint density at radius 3 is 1.64 bits per heavy atom. The summed E-state index contributed by atoms with van der Waals surface area (Å²) in [4.78, 5) is 0. The Morgan fingerprint density at radius 2 is 1.00 bits per heavy atom. The fourth-order valence-corrected chi connectivity index (χ4v) is 8.71. The van der Waals surface area contributed by atoms with Gasteiger partial charge in [0.1, 0.15) is 6.07 Å². The van der Waals surface area contributed by atoms with Gasteiger partial charge in [-0.25, -0.2) is 0 Å². The van der Waals surface area contributed by atoms with E-state index in [1.54, 1.807) is 11.3 Å².